The Balaban J connectivity index is 1.41. The maximum Gasteiger partial charge on any atom is 0.471 e. The second-order valence-electron chi connectivity index (χ2n) is 7.35. The number of ether oxygens (including phenoxy) is 1. The highest BCUT2D eigenvalue weighted by Gasteiger charge is 2.38. The van der Waals surface area contributed by atoms with Gasteiger partial charge in [0.1, 0.15) is 5.69 Å². The summed E-state index contributed by atoms with van der Waals surface area (Å²) in [5, 5.41) is 3.39. The van der Waals surface area contributed by atoms with Crippen LogP contribution in [0.1, 0.15) is 43.2 Å². The number of halogens is 3. The summed E-state index contributed by atoms with van der Waals surface area (Å²) in [4.78, 5) is 22.4. The number of amides is 1. The third-order valence-electron chi connectivity index (χ3n) is 5.46. The van der Waals surface area contributed by atoms with E-state index in [1.807, 2.05) is 11.0 Å². The number of rotatable bonds is 3. The van der Waals surface area contributed by atoms with Crippen molar-refractivity contribution in [2.24, 2.45) is 5.92 Å². The Labute approximate surface area is 165 Å². The molecule has 156 valence electrons. The van der Waals surface area contributed by atoms with Gasteiger partial charge in [0.15, 0.2) is 0 Å². The zero-order valence-corrected chi connectivity index (χ0v) is 15.7. The van der Waals surface area contributed by atoms with Crippen molar-refractivity contribution in [3.63, 3.8) is 0 Å². The van der Waals surface area contributed by atoms with Gasteiger partial charge in [0.05, 0.1) is 0 Å². The molecular formula is C19H21F3N4O3. The normalized spacial score (nSPS) is 19.5. The molecule has 0 aliphatic carbocycles. The highest BCUT2D eigenvalue weighted by Crippen LogP contribution is 2.31. The highest BCUT2D eigenvalue weighted by molar-refractivity contribution is 5.79. The molecule has 2 aliphatic rings. The van der Waals surface area contributed by atoms with Crippen LogP contribution in [0.5, 0.6) is 0 Å². The summed E-state index contributed by atoms with van der Waals surface area (Å²) >= 11 is 0. The Bertz CT molecular complexity index is 856. The van der Waals surface area contributed by atoms with Gasteiger partial charge in [-0.25, -0.2) is 4.98 Å². The van der Waals surface area contributed by atoms with Gasteiger partial charge < -0.3 is 14.2 Å². The van der Waals surface area contributed by atoms with Crippen molar-refractivity contribution in [2.75, 3.05) is 26.3 Å². The van der Waals surface area contributed by atoms with Crippen LogP contribution in [0.15, 0.2) is 22.7 Å². The number of carbonyl (C=O) groups is 1. The van der Waals surface area contributed by atoms with Gasteiger partial charge in [-0.1, -0.05) is 11.2 Å². The van der Waals surface area contributed by atoms with Crippen LogP contribution >= 0.6 is 0 Å². The predicted molar refractivity (Wildman–Crippen MR) is 94.6 cm³/mol. The summed E-state index contributed by atoms with van der Waals surface area (Å²) < 4.78 is 47.6. The van der Waals surface area contributed by atoms with E-state index in [9.17, 15) is 18.0 Å². The average molecular weight is 410 g/mol. The van der Waals surface area contributed by atoms with Crippen LogP contribution < -0.4 is 0 Å². The fourth-order valence-electron chi connectivity index (χ4n) is 3.84. The molecule has 0 radical (unpaired) electrons. The lowest BCUT2D eigenvalue weighted by Gasteiger charge is -2.35. The summed E-state index contributed by atoms with van der Waals surface area (Å²) in [6, 6.07) is 5.12. The van der Waals surface area contributed by atoms with Crippen molar-refractivity contribution in [2.45, 2.75) is 37.8 Å². The molecule has 0 N–H and O–H groups in total. The van der Waals surface area contributed by atoms with E-state index in [-0.39, 0.29) is 29.3 Å². The van der Waals surface area contributed by atoms with Crippen molar-refractivity contribution in [1.82, 2.24) is 20.0 Å². The maximum atomic E-state index is 12.7. The molecule has 2 aromatic rings. The largest absolute Gasteiger partial charge is 0.471 e. The number of carbonyl (C=O) groups excluding carboxylic acids is 1. The first-order valence-electron chi connectivity index (χ1n) is 9.66. The molecule has 4 heterocycles. The SMILES string of the molecule is O=C(C1CCOCC1)N1CCC(c2cccc(-c3noc(C(F)(F)F)n3)n2)CC1. The molecular weight excluding hydrogens is 389 g/mol. The molecule has 2 saturated heterocycles. The van der Waals surface area contributed by atoms with Crippen molar-refractivity contribution >= 4 is 5.91 Å². The molecule has 10 heteroatoms. The first-order valence-corrected chi connectivity index (χ1v) is 9.66. The van der Waals surface area contributed by atoms with Crippen molar-refractivity contribution in [3.8, 4) is 11.5 Å². The molecule has 2 fully saturated rings. The van der Waals surface area contributed by atoms with Crippen LogP contribution in [-0.4, -0.2) is 52.2 Å². The van der Waals surface area contributed by atoms with E-state index in [4.69, 9.17) is 4.74 Å². The van der Waals surface area contributed by atoms with Gasteiger partial charge in [0, 0.05) is 43.8 Å². The number of piperidine rings is 1. The van der Waals surface area contributed by atoms with E-state index in [0.29, 0.717) is 26.3 Å². The molecule has 0 atom stereocenters. The van der Waals surface area contributed by atoms with Crippen LogP contribution in [-0.2, 0) is 15.7 Å². The van der Waals surface area contributed by atoms with E-state index in [2.05, 4.69) is 19.6 Å². The number of aromatic nitrogens is 3. The minimum atomic E-state index is -4.69. The Kier molecular flexibility index (Phi) is 5.53. The fourth-order valence-corrected chi connectivity index (χ4v) is 3.84. The van der Waals surface area contributed by atoms with Gasteiger partial charge in [-0.2, -0.15) is 18.2 Å². The molecule has 0 bridgehead atoms. The number of likely N-dealkylation sites (tertiary alicyclic amines) is 1. The van der Waals surface area contributed by atoms with Crippen LogP contribution in [0.25, 0.3) is 11.5 Å². The molecule has 2 aromatic heterocycles. The van der Waals surface area contributed by atoms with Crippen LogP contribution in [0.3, 0.4) is 0 Å². The van der Waals surface area contributed by atoms with Crippen LogP contribution in [0.4, 0.5) is 13.2 Å². The zero-order valence-electron chi connectivity index (χ0n) is 15.7. The summed E-state index contributed by atoms with van der Waals surface area (Å²) in [5.41, 5.74) is 1.00. The minimum absolute atomic E-state index is 0.0443. The fraction of sp³-hybridized carbons (Fsp3) is 0.579. The minimum Gasteiger partial charge on any atom is -0.381 e. The lowest BCUT2D eigenvalue weighted by atomic mass is 9.91. The van der Waals surface area contributed by atoms with Gasteiger partial charge >= 0.3 is 12.1 Å². The van der Waals surface area contributed by atoms with Crippen molar-refractivity contribution in [1.29, 1.82) is 0 Å². The second-order valence-corrected chi connectivity index (χ2v) is 7.35. The summed E-state index contributed by atoms with van der Waals surface area (Å²) in [6.07, 6.45) is -1.64. The molecule has 0 aromatic carbocycles. The molecule has 7 nitrogen and oxygen atoms in total. The third-order valence-corrected chi connectivity index (χ3v) is 5.46. The molecule has 0 unspecified atom stereocenters. The number of hydrogen-bond donors (Lipinski definition) is 0. The van der Waals surface area contributed by atoms with Crippen molar-refractivity contribution in [3.05, 3.63) is 29.8 Å². The first kappa shape index (κ1) is 19.8. The average Bonchev–Trinajstić information content (AvgIpc) is 3.25. The third kappa shape index (κ3) is 4.42. The molecule has 29 heavy (non-hydrogen) atoms. The summed E-state index contributed by atoms with van der Waals surface area (Å²) in [7, 11) is 0. The quantitative estimate of drug-likeness (QED) is 0.773. The monoisotopic (exact) mass is 410 g/mol. The zero-order chi connectivity index (χ0) is 20.4. The van der Waals surface area contributed by atoms with Crippen molar-refractivity contribution < 1.29 is 27.2 Å². The van der Waals surface area contributed by atoms with E-state index < -0.39 is 12.1 Å². The number of alkyl halides is 3. The van der Waals surface area contributed by atoms with Crippen LogP contribution in [0.2, 0.25) is 0 Å². The lowest BCUT2D eigenvalue weighted by Crippen LogP contribution is -2.42. The lowest BCUT2D eigenvalue weighted by molar-refractivity contribution is -0.159. The van der Waals surface area contributed by atoms with E-state index >= 15 is 0 Å². The first-order chi connectivity index (χ1) is 13.9. The van der Waals surface area contributed by atoms with E-state index in [1.54, 1.807) is 12.1 Å². The van der Waals surface area contributed by atoms with E-state index in [1.165, 1.54) is 0 Å². The van der Waals surface area contributed by atoms with Gasteiger partial charge in [-0.05, 0) is 37.8 Å². The van der Waals surface area contributed by atoms with Gasteiger partial charge in [-0.3, -0.25) is 4.79 Å². The van der Waals surface area contributed by atoms with Crippen LogP contribution in [0, 0.1) is 5.92 Å². The molecule has 0 saturated carbocycles. The highest BCUT2D eigenvalue weighted by atomic mass is 19.4. The van der Waals surface area contributed by atoms with E-state index in [0.717, 1.165) is 31.4 Å². The van der Waals surface area contributed by atoms with Gasteiger partial charge in [-0.15, -0.1) is 0 Å². The van der Waals surface area contributed by atoms with Gasteiger partial charge in [0.2, 0.25) is 11.7 Å². The van der Waals surface area contributed by atoms with Gasteiger partial charge in [0.25, 0.3) is 0 Å². The number of hydrogen-bond acceptors (Lipinski definition) is 6. The topological polar surface area (TPSA) is 81.4 Å². The Morgan fingerprint density at radius 3 is 2.45 bits per heavy atom. The Morgan fingerprint density at radius 1 is 1.07 bits per heavy atom. The number of pyridine rings is 1. The molecule has 2 aliphatic heterocycles. The molecule has 4 rings (SSSR count). The standard InChI is InChI=1S/C19H21F3N4O3/c20-19(21,22)18-24-16(25-29-18)15-3-1-2-14(23-15)12-4-8-26(9-5-12)17(27)13-6-10-28-11-7-13/h1-3,12-13H,4-11H2. The Morgan fingerprint density at radius 2 is 1.79 bits per heavy atom. The smallest absolute Gasteiger partial charge is 0.381 e. The summed E-state index contributed by atoms with van der Waals surface area (Å²) in [6.45, 7) is 2.56. The second kappa shape index (κ2) is 8.10. The predicted octanol–water partition coefficient (Wildman–Crippen LogP) is 3.28. The molecule has 1 amide bonds. The number of nitrogens with zero attached hydrogens (tertiary/aromatic N) is 4. The maximum absolute atomic E-state index is 12.7. The summed E-state index contributed by atoms with van der Waals surface area (Å²) in [5.74, 6) is -1.21. The molecule has 0 spiro atoms. The Hall–Kier alpha value is -2.49.